The van der Waals surface area contributed by atoms with Crippen LogP contribution in [0.25, 0.3) is 0 Å². The molecule has 0 radical (unpaired) electrons. The molecule has 1 aromatic rings. The van der Waals surface area contributed by atoms with E-state index in [2.05, 4.69) is 44.0 Å². The topological polar surface area (TPSA) is 37.4 Å². The first-order valence-corrected chi connectivity index (χ1v) is 10.4. The number of hydrogen-bond acceptors (Lipinski definition) is 4. The van der Waals surface area contributed by atoms with E-state index in [1.54, 1.807) is 12.1 Å². The van der Waals surface area contributed by atoms with Crippen molar-refractivity contribution in [1.82, 2.24) is 24.9 Å². The molecule has 3 rings (SSSR count). The molecule has 0 aliphatic carbocycles. The summed E-state index contributed by atoms with van der Waals surface area (Å²) < 4.78 is 14.0. The summed E-state index contributed by atoms with van der Waals surface area (Å²) in [7, 11) is 6.20. The Kier molecular flexibility index (Phi) is 9.87. The van der Waals surface area contributed by atoms with Crippen LogP contribution in [0.1, 0.15) is 5.56 Å². The van der Waals surface area contributed by atoms with E-state index in [1.807, 2.05) is 7.05 Å². The monoisotopic (exact) mass is 538 g/mol. The van der Waals surface area contributed by atoms with Crippen molar-refractivity contribution in [3.63, 3.8) is 0 Å². The van der Waals surface area contributed by atoms with E-state index >= 15 is 0 Å². The lowest BCUT2D eigenvalue weighted by molar-refractivity contribution is 0.115. The largest absolute Gasteiger partial charge is 0.355 e. The van der Waals surface area contributed by atoms with E-state index in [0.717, 1.165) is 58.3 Å². The van der Waals surface area contributed by atoms with Crippen LogP contribution in [0.5, 0.6) is 0 Å². The Bertz CT molecular complexity index is 663. The van der Waals surface area contributed by atoms with Gasteiger partial charge in [-0.1, -0.05) is 17.7 Å². The van der Waals surface area contributed by atoms with E-state index in [-0.39, 0.29) is 29.8 Å². The summed E-state index contributed by atoms with van der Waals surface area (Å²) in [5.74, 6) is 0.721. The fourth-order valence-corrected chi connectivity index (χ4v) is 4.11. The first kappa shape index (κ1) is 24.6. The van der Waals surface area contributed by atoms with Gasteiger partial charge in [-0.25, -0.2) is 4.39 Å². The average molecular weight is 539 g/mol. The molecule has 0 aromatic heterocycles. The van der Waals surface area contributed by atoms with Gasteiger partial charge < -0.3 is 15.1 Å². The minimum Gasteiger partial charge on any atom is -0.355 e. The van der Waals surface area contributed by atoms with Gasteiger partial charge in [0.15, 0.2) is 5.96 Å². The Labute approximate surface area is 196 Å². The van der Waals surface area contributed by atoms with Crippen molar-refractivity contribution in [3.05, 3.63) is 34.6 Å². The molecule has 29 heavy (non-hydrogen) atoms. The Balaban J connectivity index is 0.00000300. The van der Waals surface area contributed by atoms with E-state index in [0.29, 0.717) is 23.2 Å². The fraction of sp³-hybridized carbons (Fsp3) is 0.650. The van der Waals surface area contributed by atoms with Crippen LogP contribution in [0.2, 0.25) is 5.02 Å². The third-order valence-electron chi connectivity index (χ3n) is 5.80. The smallest absolute Gasteiger partial charge is 0.193 e. The Hall–Kier alpha value is -0.680. The number of aliphatic imine (C=N–C) groups is 1. The molecule has 2 aliphatic rings. The number of benzene rings is 1. The summed E-state index contributed by atoms with van der Waals surface area (Å²) >= 11 is 6.17. The molecule has 2 heterocycles. The van der Waals surface area contributed by atoms with Crippen molar-refractivity contribution >= 4 is 41.5 Å². The van der Waals surface area contributed by atoms with Crippen molar-refractivity contribution in [2.45, 2.75) is 12.6 Å². The van der Waals surface area contributed by atoms with Gasteiger partial charge in [0, 0.05) is 82.6 Å². The number of nitrogens with zero attached hydrogens (tertiary/aromatic N) is 5. The molecule has 1 unspecified atom stereocenters. The zero-order chi connectivity index (χ0) is 20.1. The first-order valence-electron chi connectivity index (χ1n) is 9.97. The number of rotatable bonds is 4. The predicted molar refractivity (Wildman–Crippen MR) is 129 cm³/mol. The van der Waals surface area contributed by atoms with Crippen LogP contribution in [0.4, 0.5) is 4.39 Å². The molecule has 164 valence electrons. The second-order valence-electron chi connectivity index (χ2n) is 7.79. The molecule has 0 bridgehead atoms. The first-order chi connectivity index (χ1) is 13.5. The quantitative estimate of drug-likeness (QED) is 0.361. The third kappa shape index (κ3) is 6.65. The van der Waals surface area contributed by atoms with Crippen LogP contribution >= 0.6 is 35.6 Å². The molecular formula is C20H33ClFIN6. The number of nitrogens with one attached hydrogen (secondary N) is 1. The highest BCUT2D eigenvalue weighted by molar-refractivity contribution is 14.0. The normalized spacial score (nSPS) is 22.4. The molecule has 2 saturated heterocycles. The minimum absolute atomic E-state index is 0. The Morgan fingerprint density at radius 1 is 1.17 bits per heavy atom. The van der Waals surface area contributed by atoms with Gasteiger partial charge in [-0.05, 0) is 26.2 Å². The minimum atomic E-state index is -0.228. The summed E-state index contributed by atoms with van der Waals surface area (Å²) in [5.41, 5.74) is 0.588. The molecule has 1 atom stereocenters. The van der Waals surface area contributed by atoms with Crippen LogP contribution in [-0.4, -0.2) is 105 Å². The van der Waals surface area contributed by atoms with Gasteiger partial charge in [-0.2, -0.15) is 0 Å². The Morgan fingerprint density at radius 3 is 2.55 bits per heavy atom. The molecule has 0 saturated carbocycles. The number of piperazine rings is 2. The van der Waals surface area contributed by atoms with Crippen molar-refractivity contribution in [2.75, 3.05) is 73.5 Å². The van der Waals surface area contributed by atoms with Crippen LogP contribution in [-0.2, 0) is 6.54 Å². The molecule has 1 N–H and O–H groups in total. The highest BCUT2D eigenvalue weighted by atomic mass is 127. The summed E-state index contributed by atoms with van der Waals surface area (Å²) in [4.78, 5) is 13.8. The van der Waals surface area contributed by atoms with E-state index in [9.17, 15) is 4.39 Å². The van der Waals surface area contributed by atoms with Crippen LogP contribution in [0.3, 0.4) is 0 Å². The standard InChI is InChI=1S/C20H32ClFN6.HI/c1-23-20(24-13-16-14-25(2)7-8-26(16)3)28-11-9-27(10-12-28)15-17-18(21)5-4-6-19(17)22;/h4-6,16H,7-15H2,1-3H3,(H,23,24);1H. The molecule has 2 aliphatic heterocycles. The number of guanidine groups is 1. The molecule has 6 nitrogen and oxygen atoms in total. The molecule has 2 fully saturated rings. The maximum Gasteiger partial charge on any atom is 0.193 e. The van der Waals surface area contributed by atoms with Gasteiger partial charge in [0.1, 0.15) is 5.82 Å². The van der Waals surface area contributed by atoms with Gasteiger partial charge in [-0.15, -0.1) is 24.0 Å². The maximum atomic E-state index is 14.0. The average Bonchev–Trinajstić information content (AvgIpc) is 2.69. The fourth-order valence-electron chi connectivity index (χ4n) is 3.89. The highest BCUT2D eigenvalue weighted by Crippen LogP contribution is 2.21. The number of likely N-dealkylation sites (N-methyl/N-ethyl adjacent to an activating group) is 2. The number of hydrogen-bond donors (Lipinski definition) is 1. The van der Waals surface area contributed by atoms with Gasteiger partial charge in [0.25, 0.3) is 0 Å². The second-order valence-corrected chi connectivity index (χ2v) is 8.20. The SMILES string of the molecule is CN=C(NCC1CN(C)CCN1C)N1CCN(Cc2c(F)cccc2Cl)CC1.I. The predicted octanol–water partition coefficient (Wildman–Crippen LogP) is 2.04. The highest BCUT2D eigenvalue weighted by Gasteiger charge is 2.25. The van der Waals surface area contributed by atoms with E-state index in [1.165, 1.54) is 6.07 Å². The van der Waals surface area contributed by atoms with Gasteiger partial charge in [0.05, 0.1) is 0 Å². The van der Waals surface area contributed by atoms with Gasteiger partial charge >= 0.3 is 0 Å². The van der Waals surface area contributed by atoms with Crippen LogP contribution in [0.15, 0.2) is 23.2 Å². The molecule has 0 amide bonds. The van der Waals surface area contributed by atoms with Crippen LogP contribution in [0, 0.1) is 5.82 Å². The summed E-state index contributed by atoms with van der Waals surface area (Å²) in [6.07, 6.45) is 0. The second kappa shape index (κ2) is 11.6. The molecule has 9 heteroatoms. The maximum absolute atomic E-state index is 14.0. The zero-order valence-electron chi connectivity index (χ0n) is 17.6. The van der Waals surface area contributed by atoms with Crippen LogP contribution < -0.4 is 5.32 Å². The van der Waals surface area contributed by atoms with Gasteiger partial charge in [-0.3, -0.25) is 14.8 Å². The molecule has 1 aromatic carbocycles. The van der Waals surface area contributed by atoms with Crippen molar-refractivity contribution in [3.8, 4) is 0 Å². The van der Waals surface area contributed by atoms with Crippen molar-refractivity contribution < 1.29 is 4.39 Å². The summed E-state index contributed by atoms with van der Waals surface area (Å²) in [5, 5.41) is 4.05. The van der Waals surface area contributed by atoms with E-state index in [4.69, 9.17) is 11.6 Å². The number of halogens is 3. The van der Waals surface area contributed by atoms with E-state index < -0.39 is 0 Å². The lowest BCUT2D eigenvalue weighted by Crippen LogP contribution is -2.57. The zero-order valence-corrected chi connectivity index (χ0v) is 20.7. The molecule has 0 spiro atoms. The van der Waals surface area contributed by atoms with Crippen molar-refractivity contribution in [2.24, 2.45) is 4.99 Å². The van der Waals surface area contributed by atoms with Crippen molar-refractivity contribution in [1.29, 1.82) is 0 Å². The van der Waals surface area contributed by atoms with Gasteiger partial charge in [0.2, 0.25) is 0 Å². The lowest BCUT2D eigenvalue weighted by Gasteiger charge is -2.40. The summed E-state index contributed by atoms with van der Waals surface area (Å²) in [6, 6.07) is 5.36. The Morgan fingerprint density at radius 2 is 1.90 bits per heavy atom. The lowest BCUT2D eigenvalue weighted by atomic mass is 10.2. The molecular weight excluding hydrogens is 506 g/mol. The third-order valence-corrected chi connectivity index (χ3v) is 6.16. The summed E-state index contributed by atoms with van der Waals surface area (Å²) in [6.45, 7) is 8.17.